The zero-order chi connectivity index (χ0) is 7.52. The third-order valence-electron chi connectivity index (χ3n) is 1.52. The Hall–Kier alpha value is -1.58. The second-order valence-corrected chi connectivity index (χ2v) is 2.26. The van der Waals surface area contributed by atoms with Gasteiger partial charge in [0.05, 0.1) is 18.2 Å². The van der Waals surface area contributed by atoms with Gasteiger partial charge < -0.3 is 4.90 Å². The van der Waals surface area contributed by atoms with E-state index in [1.54, 1.807) is 18.7 Å². The monoisotopic (exact) mass is 148 g/mol. The predicted molar refractivity (Wildman–Crippen MR) is 43.6 cm³/mol. The first-order valence-corrected chi connectivity index (χ1v) is 3.40. The maximum atomic E-state index is 3.99. The van der Waals surface area contributed by atoms with Gasteiger partial charge in [0.2, 0.25) is 0 Å². The highest BCUT2D eigenvalue weighted by Gasteiger charge is 2.03. The highest BCUT2D eigenvalue weighted by molar-refractivity contribution is 5.80. The summed E-state index contributed by atoms with van der Waals surface area (Å²) in [6, 6.07) is 0. The number of nitrogens with one attached hydrogen (secondary N) is 1. The van der Waals surface area contributed by atoms with E-state index in [-0.39, 0.29) is 0 Å². The summed E-state index contributed by atoms with van der Waals surface area (Å²) in [6.45, 7) is 0.864. The minimum atomic E-state index is 0.864. The Bertz CT molecular complexity index is 273. The third kappa shape index (κ3) is 1.14. The van der Waals surface area contributed by atoms with Crippen molar-refractivity contribution in [3.63, 3.8) is 0 Å². The molecule has 4 heteroatoms. The summed E-state index contributed by atoms with van der Waals surface area (Å²) in [5.41, 5.74) is 1.04. The van der Waals surface area contributed by atoms with Gasteiger partial charge in [0, 0.05) is 18.9 Å². The van der Waals surface area contributed by atoms with E-state index in [2.05, 4.69) is 15.2 Å². The molecule has 0 bridgehead atoms. The van der Waals surface area contributed by atoms with Crippen molar-refractivity contribution in [2.75, 3.05) is 11.4 Å². The quantitative estimate of drug-likeness (QED) is 0.639. The first-order valence-electron chi connectivity index (χ1n) is 3.40. The summed E-state index contributed by atoms with van der Waals surface area (Å²) in [4.78, 5) is 6.00. The van der Waals surface area contributed by atoms with Gasteiger partial charge in [0.1, 0.15) is 0 Å². The molecule has 0 unspecified atom stereocenters. The Balaban J connectivity index is 2.19. The van der Waals surface area contributed by atoms with E-state index in [9.17, 15) is 0 Å². The van der Waals surface area contributed by atoms with E-state index in [1.807, 2.05) is 17.2 Å². The van der Waals surface area contributed by atoms with Crippen LogP contribution in [0, 0.1) is 0 Å². The number of rotatable bonds is 1. The van der Waals surface area contributed by atoms with Gasteiger partial charge in [0.25, 0.3) is 0 Å². The maximum Gasteiger partial charge on any atom is 0.0953 e. The van der Waals surface area contributed by atoms with Crippen molar-refractivity contribution in [2.24, 2.45) is 4.99 Å². The van der Waals surface area contributed by atoms with Gasteiger partial charge in [-0.25, -0.2) is 4.99 Å². The molecule has 1 aliphatic rings. The van der Waals surface area contributed by atoms with E-state index < -0.39 is 0 Å². The van der Waals surface area contributed by atoms with Crippen molar-refractivity contribution >= 4 is 12.0 Å². The minimum absolute atomic E-state index is 0.864. The first-order chi connectivity index (χ1) is 5.47. The third-order valence-corrected chi connectivity index (χ3v) is 1.52. The molecule has 0 amide bonds. The van der Waals surface area contributed by atoms with Crippen LogP contribution in [0.25, 0.3) is 0 Å². The average molecular weight is 148 g/mol. The number of aromatic amines is 1. The molecule has 1 N–H and O–H groups in total. The molecule has 0 aromatic carbocycles. The zero-order valence-corrected chi connectivity index (χ0v) is 5.94. The lowest BCUT2D eigenvalue weighted by Gasteiger charge is -2.16. The van der Waals surface area contributed by atoms with Crippen LogP contribution in [0.2, 0.25) is 0 Å². The normalized spacial score (nSPS) is 15.8. The van der Waals surface area contributed by atoms with Gasteiger partial charge in [-0.1, -0.05) is 0 Å². The lowest BCUT2D eigenvalue weighted by atomic mass is 10.4. The molecule has 0 fully saturated rings. The van der Waals surface area contributed by atoms with Crippen molar-refractivity contribution in [3.05, 3.63) is 24.7 Å². The molecule has 0 saturated heterocycles. The number of anilines is 1. The van der Waals surface area contributed by atoms with Crippen molar-refractivity contribution < 1.29 is 0 Å². The predicted octanol–water partition coefficient (Wildman–Crippen LogP) is 0.772. The lowest BCUT2D eigenvalue weighted by molar-refractivity contribution is 1.09. The van der Waals surface area contributed by atoms with Gasteiger partial charge in [0.15, 0.2) is 0 Å². The molecule has 2 heterocycles. The summed E-state index contributed by atoms with van der Waals surface area (Å²) in [6.07, 6.45) is 9.17. The van der Waals surface area contributed by atoms with Gasteiger partial charge in [-0.15, -0.1) is 0 Å². The number of hydrogen-bond acceptors (Lipinski definition) is 3. The summed E-state index contributed by atoms with van der Waals surface area (Å²) in [7, 11) is 0. The van der Waals surface area contributed by atoms with E-state index in [1.165, 1.54) is 0 Å². The van der Waals surface area contributed by atoms with Crippen LogP contribution in [0.3, 0.4) is 0 Å². The van der Waals surface area contributed by atoms with Crippen LogP contribution in [0.5, 0.6) is 0 Å². The summed E-state index contributed by atoms with van der Waals surface area (Å²) in [5.74, 6) is 0. The molecule has 0 saturated carbocycles. The molecular formula is C7H8N4. The van der Waals surface area contributed by atoms with E-state index in [4.69, 9.17) is 0 Å². The summed E-state index contributed by atoms with van der Waals surface area (Å²) in [5, 5.41) is 6.59. The number of hydrogen-bond donors (Lipinski definition) is 1. The van der Waals surface area contributed by atoms with Gasteiger partial charge in [-0.2, -0.15) is 5.10 Å². The molecular weight excluding hydrogens is 140 g/mol. The second kappa shape index (κ2) is 2.57. The number of H-pyrrole nitrogens is 1. The fraction of sp³-hybridized carbons (Fsp3) is 0.143. The molecule has 1 aromatic rings. The number of nitrogens with zero attached hydrogens (tertiary/aromatic N) is 3. The van der Waals surface area contributed by atoms with Crippen LogP contribution in [-0.2, 0) is 0 Å². The van der Waals surface area contributed by atoms with Crippen molar-refractivity contribution in [1.29, 1.82) is 0 Å². The van der Waals surface area contributed by atoms with Crippen LogP contribution in [0.4, 0.5) is 5.69 Å². The molecule has 2 rings (SSSR count). The molecule has 4 nitrogen and oxygen atoms in total. The van der Waals surface area contributed by atoms with Gasteiger partial charge in [-0.05, 0) is 6.08 Å². The van der Waals surface area contributed by atoms with E-state index in [0.717, 1.165) is 12.2 Å². The maximum absolute atomic E-state index is 3.99. The molecule has 0 spiro atoms. The van der Waals surface area contributed by atoms with Gasteiger partial charge >= 0.3 is 0 Å². The average Bonchev–Trinajstić information content (AvgIpc) is 2.58. The second-order valence-electron chi connectivity index (χ2n) is 2.26. The van der Waals surface area contributed by atoms with Crippen LogP contribution in [-0.4, -0.2) is 23.1 Å². The fourth-order valence-corrected chi connectivity index (χ4v) is 0.961. The Labute approximate surface area is 64.2 Å². The SMILES string of the molecule is C1=CN=CN(c2cn[nH]c2)C1. The lowest BCUT2D eigenvalue weighted by Crippen LogP contribution is -2.22. The molecule has 0 atom stereocenters. The van der Waals surface area contributed by atoms with Crippen molar-refractivity contribution in [3.8, 4) is 0 Å². The van der Waals surface area contributed by atoms with E-state index >= 15 is 0 Å². The summed E-state index contributed by atoms with van der Waals surface area (Å²) >= 11 is 0. The Morgan fingerprint density at radius 3 is 3.18 bits per heavy atom. The highest BCUT2D eigenvalue weighted by atomic mass is 15.2. The molecule has 56 valence electrons. The number of aliphatic imine (C=N–C) groups is 1. The highest BCUT2D eigenvalue weighted by Crippen LogP contribution is 2.09. The minimum Gasteiger partial charge on any atom is -0.326 e. The summed E-state index contributed by atoms with van der Waals surface area (Å²) < 4.78 is 0. The first kappa shape index (κ1) is 6.15. The Morgan fingerprint density at radius 1 is 1.55 bits per heavy atom. The van der Waals surface area contributed by atoms with Crippen LogP contribution >= 0.6 is 0 Å². The molecule has 0 radical (unpaired) electrons. The Kier molecular flexibility index (Phi) is 1.44. The van der Waals surface area contributed by atoms with Gasteiger partial charge in [-0.3, -0.25) is 5.10 Å². The number of aromatic nitrogens is 2. The molecule has 1 aromatic heterocycles. The molecule has 11 heavy (non-hydrogen) atoms. The van der Waals surface area contributed by atoms with Crippen LogP contribution < -0.4 is 4.90 Å². The largest absolute Gasteiger partial charge is 0.326 e. The van der Waals surface area contributed by atoms with Crippen molar-refractivity contribution in [1.82, 2.24) is 10.2 Å². The fourth-order valence-electron chi connectivity index (χ4n) is 0.961. The zero-order valence-electron chi connectivity index (χ0n) is 5.94. The molecule has 0 aliphatic carbocycles. The standard InChI is InChI=1S/C7H8N4/c1-2-8-6-11(3-1)7-4-9-10-5-7/h1-2,4-6H,3H2,(H,9,10). The van der Waals surface area contributed by atoms with Crippen LogP contribution in [0.15, 0.2) is 29.7 Å². The van der Waals surface area contributed by atoms with Crippen LogP contribution in [0.1, 0.15) is 0 Å². The smallest absolute Gasteiger partial charge is 0.0953 e. The Morgan fingerprint density at radius 2 is 2.55 bits per heavy atom. The van der Waals surface area contributed by atoms with E-state index in [0.29, 0.717) is 0 Å². The van der Waals surface area contributed by atoms with Crippen molar-refractivity contribution in [2.45, 2.75) is 0 Å². The molecule has 1 aliphatic heterocycles. The topological polar surface area (TPSA) is 44.3 Å².